The molecule has 0 radical (unpaired) electrons. The maximum Gasteiger partial charge on any atom is 0.347 e. The Hall–Kier alpha value is -1.71. The van der Waals surface area contributed by atoms with Gasteiger partial charge in [-0.3, -0.25) is 0 Å². The van der Waals surface area contributed by atoms with Crippen LogP contribution in [0.15, 0.2) is 24.3 Å². The van der Waals surface area contributed by atoms with Crippen molar-refractivity contribution in [2.45, 2.75) is 26.4 Å². The molecule has 0 aliphatic carbocycles. The minimum Gasteiger partial charge on any atom is -0.490 e. The molecule has 0 heterocycles. The second-order valence-electron chi connectivity index (χ2n) is 3.80. The summed E-state index contributed by atoms with van der Waals surface area (Å²) in [6.07, 6.45) is 0. The van der Waals surface area contributed by atoms with E-state index in [0.717, 1.165) is 0 Å². The van der Waals surface area contributed by atoms with Gasteiger partial charge in [-0.15, -0.1) is 0 Å². The maximum atomic E-state index is 10.9. The zero-order valence-electron chi connectivity index (χ0n) is 9.69. The van der Waals surface area contributed by atoms with Crippen LogP contribution in [0.25, 0.3) is 0 Å². The Balaban J connectivity index is 2.92. The lowest BCUT2D eigenvalue weighted by molar-refractivity contribution is -0.152. The van der Waals surface area contributed by atoms with Crippen molar-refractivity contribution < 1.29 is 19.4 Å². The van der Waals surface area contributed by atoms with Crippen molar-refractivity contribution in [2.24, 2.45) is 0 Å². The Morgan fingerprint density at radius 2 is 1.88 bits per heavy atom. The first-order valence-corrected chi connectivity index (χ1v) is 5.11. The Morgan fingerprint density at radius 3 is 2.38 bits per heavy atom. The van der Waals surface area contributed by atoms with Crippen LogP contribution in [0.2, 0.25) is 0 Å². The Bertz CT molecular complexity index is 371. The number of aliphatic carboxylic acids is 1. The SMILES string of the molecule is CCOc1ccccc1OC(C)(C)C(=O)O. The van der Waals surface area contributed by atoms with Crippen LogP contribution in [-0.4, -0.2) is 23.3 Å². The predicted molar refractivity (Wildman–Crippen MR) is 60.0 cm³/mol. The van der Waals surface area contributed by atoms with Crippen molar-refractivity contribution in [1.29, 1.82) is 0 Å². The fourth-order valence-corrected chi connectivity index (χ4v) is 1.13. The summed E-state index contributed by atoms with van der Waals surface area (Å²) in [4.78, 5) is 10.9. The van der Waals surface area contributed by atoms with E-state index in [1.165, 1.54) is 13.8 Å². The fraction of sp³-hybridized carbons (Fsp3) is 0.417. The molecule has 0 amide bonds. The van der Waals surface area contributed by atoms with Crippen LogP contribution in [0.5, 0.6) is 11.5 Å². The van der Waals surface area contributed by atoms with Crippen molar-refractivity contribution in [1.82, 2.24) is 0 Å². The third-order valence-corrected chi connectivity index (χ3v) is 2.03. The molecule has 0 spiro atoms. The maximum absolute atomic E-state index is 10.9. The molecule has 0 fully saturated rings. The molecule has 0 saturated heterocycles. The Kier molecular flexibility index (Phi) is 3.77. The van der Waals surface area contributed by atoms with Gasteiger partial charge in [0.15, 0.2) is 17.1 Å². The summed E-state index contributed by atoms with van der Waals surface area (Å²) in [5.41, 5.74) is -1.27. The van der Waals surface area contributed by atoms with Crippen molar-refractivity contribution >= 4 is 5.97 Å². The van der Waals surface area contributed by atoms with E-state index in [-0.39, 0.29) is 0 Å². The molecule has 1 aromatic rings. The minimum atomic E-state index is -1.27. The lowest BCUT2D eigenvalue weighted by atomic mass is 10.1. The number of hydrogen-bond acceptors (Lipinski definition) is 3. The number of carboxylic acid groups (broad SMARTS) is 1. The third-order valence-electron chi connectivity index (χ3n) is 2.03. The highest BCUT2D eigenvalue weighted by Crippen LogP contribution is 2.29. The lowest BCUT2D eigenvalue weighted by Gasteiger charge is -2.22. The number of ether oxygens (including phenoxy) is 2. The number of benzene rings is 1. The second-order valence-corrected chi connectivity index (χ2v) is 3.80. The van der Waals surface area contributed by atoms with E-state index in [2.05, 4.69) is 0 Å². The van der Waals surface area contributed by atoms with E-state index in [9.17, 15) is 4.79 Å². The third kappa shape index (κ3) is 2.89. The molecule has 4 nitrogen and oxygen atoms in total. The zero-order valence-corrected chi connectivity index (χ0v) is 9.69. The van der Waals surface area contributed by atoms with Gasteiger partial charge >= 0.3 is 5.97 Å². The Morgan fingerprint density at radius 1 is 1.31 bits per heavy atom. The summed E-state index contributed by atoms with van der Waals surface area (Å²) in [7, 11) is 0. The number of rotatable bonds is 5. The summed E-state index contributed by atoms with van der Waals surface area (Å²) in [6.45, 7) is 5.36. The minimum absolute atomic E-state index is 0.441. The van der Waals surface area contributed by atoms with Crippen LogP contribution < -0.4 is 9.47 Å². The van der Waals surface area contributed by atoms with Gasteiger partial charge in [-0.2, -0.15) is 0 Å². The number of hydrogen-bond donors (Lipinski definition) is 1. The van der Waals surface area contributed by atoms with Crippen LogP contribution in [0.1, 0.15) is 20.8 Å². The van der Waals surface area contributed by atoms with Crippen molar-refractivity contribution in [2.75, 3.05) is 6.61 Å². The second kappa shape index (κ2) is 4.88. The molecule has 0 atom stereocenters. The molecule has 0 aliphatic heterocycles. The highest BCUT2D eigenvalue weighted by Gasteiger charge is 2.30. The number of carbonyl (C=O) groups is 1. The quantitative estimate of drug-likeness (QED) is 0.834. The highest BCUT2D eigenvalue weighted by atomic mass is 16.5. The van der Waals surface area contributed by atoms with Crippen LogP contribution in [-0.2, 0) is 4.79 Å². The molecule has 1 aromatic carbocycles. The number of carboxylic acids is 1. The molecule has 16 heavy (non-hydrogen) atoms. The van der Waals surface area contributed by atoms with E-state index < -0.39 is 11.6 Å². The van der Waals surface area contributed by atoms with E-state index in [0.29, 0.717) is 18.1 Å². The average Bonchev–Trinajstić information content (AvgIpc) is 2.20. The lowest BCUT2D eigenvalue weighted by Crippen LogP contribution is -2.37. The first kappa shape index (κ1) is 12.4. The van der Waals surface area contributed by atoms with Gasteiger partial charge in [0.25, 0.3) is 0 Å². The van der Waals surface area contributed by atoms with E-state index in [4.69, 9.17) is 14.6 Å². The first-order valence-electron chi connectivity index (χ1n) is 5.11. The molecule has 0 saturated carbocycles. The summed E-state index contributed by atoms with van der Waals surface area (Å²) < 4.78 is 10.8. The molecule has 1 rings (SSSR count). The zero-order chi connectivity index (χ0) is 12.2. The van der Waals surface area contributed by atoms with E-state index in [1.54, 1.807) is 18.2 Å². The normalized spacial score (nSPS) is 10.9. The molecular weight excluding hydrogens is 208 g/mol. The van der Waals surface area contributed by atoms with Gasteiger partial charge in [0.2, 0.25) is 0 Å². The van der Waals surface area contributed by atoms with Gasteiger partial charge in [0.05, 0.1) is 6.61 Å². The largest absolute Gasteiger partial charge is 0.490 e. The predicted octanol–water partition coefficient (Wildman–Crippen LogP) is 2.33. The monoisotopic (exact) mass is 224 g/mol. The summed E-state index contributed by atoms with van der Waals surface area (Å²) in [5, 5.41) is 8.96. The summed E-state index contributed by atoms with van der Waals surface area (Å²) in [5.74, 6) is -0.0186. The molecule has 0 aliphatic rings. The molecule has 88 valence electrons. The smallest absolute Gasteiger partial charge is 0.347 e. The van der Waals surface area contributed by atoms with Crippen molar-refractivity contribution in [3.63, 3.8) is 0 Å². The molecule has 0 aromatic heterocycles. The first-order chi connectivity index (χ1) is 7.47. The van der Waals surface area contributed by atoms with Gasteiger partial charge in [-0.25, -0.2) is 4.79 Å². The van der Waals surface area contributed by atoms with E-state index in [1.807, 2.05) is 13.0 Å². The highest BCUT2D eigenvalue weighted by molar-refractivity contribution is 5.76. The standard InChI is InChI=1S/C12H16O4/c1-4-15-9-7-5-6-8-10(9)16-12(2,3)11(13)14/h5-8H,4H2,1-3H3,(H,13,14). The average molecular weight is 224 g/mol. The topological polar surface area (TPSA) is 55.8 Å². The molecule has 1 N–H and O–H groups in total. The van der Waals surface area contributed by atoms with Gasteiger partial charge in [0, 0.05) is 0 Å². The molecule has 4 heteroatoms. The fourth-order valence-electron chi connectivity index (χ4n) is 1.13. The molecular formula is C12H16O4. The van der Waals surface area contributed by atoms with Crippen molar-refractivity contribution in [3.05, 3.63) is 24.3 Å². The van der Waals surface area contributed by atoms with Gasteiger partial charge in [0.1, 0.15) is 0 Å². The number of para-hydroxylation sites is 2. The van der Waals surface area contributed by atoms with Crippen molar-refractivity contribution in [3.8, 4) is 11.5 Å². The summed E-state index contributed by atoms with van der Waals surface area (Å²) in [6, 6.07) is 7.02. The van der Waals surface area contributed by atoms with E-state index >= 15 is 0 Å². The van der Waals surface area contributed by atoms with Gasteiger partial charge in [-0.1, -0.05) is 12.1 Å². The summed E-state index contributed by atoms with van der Waals surface area (Å²) >= 11 is 0. The molecule has 0 bridgehead atoms. The van der Waals surface area contributed by atoms with Crippen LogP contribution in [0.4, 0.5) is 0 Å². The van der Waals surface area contributed by atoms with Crippen LogP contribution in [0, 0.1) is 0 Å². The van der Waals surface area contributed by atoms with Gasteiger partial charge < -0.3 is 14.6 Å². The van der Waals surface area contributed by atoms with Crippen LogP contribution in [0.3, 0.4) is 0 Å². The molecule has 0 unspecified atom stereocenters. The Labute approximate surface area is 94.8 Å². The van der Waals surface area contributed by atoms with Gasteiger partial charge in [-0.05, 0) is 32.9 Å². The van der Waals surface area contributed by atoms with Crippen LogP contribution >= 0.6 is 0 Å².